The summed E-state index contributed by atoms with van der Waals surface area (Å²) in [5.74, 6) is -0.323. The second-order valence-electron chi connectivity index (χ2n) is 6.15. The van der Waals surface area contributed by atoms with E-state index in [0.717, 1.165) is 11.0 Å². The molecule has 0 radical (unpaired) electrons. The minimum atomic E-state index is -0.314. The van der Waals surface area contributed by atoms with Gasteiger partial charge in [-0.05, 0) is 30.3 Å². The van der Waals surface area contributed by atoms with Crippen LogP contribution in [0.15, 0.2) is 47.6 Å². The number of anilines is 1. The first-order chi connectivity index (χ1) is 13.3. The molecule has 1 aromatic heterocycles. The summed E-state index contributed by atoms with van der Waals surface area (Å²) in [6, 6.07) is 12.4. The molecule has 0 saturated carbocycles. The third-order valence-corrected chi connectivity index (χ3v) is 5.66. The maximum absolute atomic E-state index is 12.4. The molecule has 146 valence electrons. The van der Waals surface area contributed by atoms with Crippen LogP contribution >= 0.6 is 35.0 Å². The molecule has 0 unspecified atom stereocenters. The van der Waals surface area contributed by atoms with Crippen molar-refractivity contribution in [3.8, 4) is 0 Å². The van der Waals surface area contributed by atoms with Gasteiger partial charge in [-0.1, -0.05) is 47.1 Å². The smallest absolute Gasteiger partial charge is 0.244 e. The molecule has 0 bridgehead atoms. The molecule has 2 amide bonds. The number of thioether (sulfide) groups is 1. The highest BCUT2D eigenvalue weighted by molar-refractivity contribution is 7.99. The number of carbonyl (C=O) groups is 2. The first-order valence-electron chi connectivity index (χ1n) is 8.38. The van der Waals surface area contributed by atoms with Crippen molar-refractivity contribution in [1.29, 1.82) is 0 Å². The molecule has 0 fully saturated rings. The monoisotopic (exact) mass is 436 g/mol. The normalized spacial score (nSPS) is 10.9. The van der Waals surface area contributed by atoms with Gasteiger partial charge in [0.25, 0.3) is 0 Å². The summed E-state index contributed by atoms with van der Waals surface area (Å²) in [5, 5.41) is 4.47. The van der Waals surface area contributed by atoms with Crippen LogP contribution in [-0.4, -0.2) is 45.6 Å². The van der Waals surface area contributed by atoms with Crippen LogP contribution in [0.3, 0.4) is 0 Å². The van der Waals surface area contributed by atoms with Crippen molar-refractivity contribution in [2.75, 3.05) is 24.7 Å². The Bertz CT molecular complexity index is 1040. The van der Waals surface area contributed by atoms with Crippen molar-refractivity contribution >= 4 is 63.5 Å². The van der Waals surface area contributed by atoms with Crippen LogP contribution in [-0.2, 0) is 16.6 Å². The Balaban J connectivity index is 1.56. The Morgan fingerprint density at radius 2 is 1.96 bits per heavy atom. The van der Waals surface area contributed by atoms with Crippen molar-refractivity contribution < 1.29 is 9.59 Å². The molecule has 0 aliphatic heterocycles. The number of rotatable bonds is 6. The molecule has 1 N–H and O–H groups in total. The van der Waals surface area contributed by atoms with Gasteiger partial charge in [-0.15, -0.1) is 0 Å². The molecule has 0 atom stereocenters. The Kier molecular flexibility index (Phi) is 6.49. The number of aromatic nitrogens is 2. The molecule has 1 heterocycles. The van der Waals surface area contributed by atoms with Gasteiger partial charge in [0, 0.05) is 19.1 Å². The summed E-state index contributed by atoms with van der Waals surface area (Å²) in [4.78, 5) is 30.4. The van der Waals surface area contributed by atoms with Gasteiger partial charge in [0.15, 0.2) is 5.16 Å². The van der Waals surface area contributed by atoms with E-state index in [-0.39, 0.29) is 24.1 Å². The first kappa shape index (κ1) is 20.5. The molecule has 6 nitrogen and oxygen atoms in total. The lowest BCUT2D eigenvalue weighted by Crippen LogP contribution is -2.36. The Morgan fingerprint density at radius 3 is 2.71 bits per heavy atom. The SMILES string of the molecule is CN(CC(=O)Nc1ccccc1Cl)C(=O)CSc1nc2cc(Cl)ccc2n1C. The van der Waals surface area contributed by atoms with Crippen LogP contribution in [0, 0.1) is 0 Å². The molecule has 0 saturated heterocycles. The van der Waals surface area contributed by atoms with Crippen LogP contribution in [0.5, 0.6) is 0 Å². The predicted molar refractivity (Wildman–Crippen MR) is 114 cm³/mol. The summed E-state index contributed by atoms with van der Waals surface area (Å²) in [5.41, 5.74) is 2.23. The standard InChI is InChI=1S/C19H18Cl2N4O2S/c1-24(10-17(26)22-14-6-4-3-5-13(14)21)18(27)11-28-19-23-15-9-12(20)7-8-16(15)25(19)2/h3-9H,10-11H2,1-2H3,(H,22,26). The van der Waals surface area contributed by atoms with Gasteiger partial charge in [0.1, 0.15) is 0 Å². The van der Waals surface area contributed by atoms with Gasteiger partial charge < -0.3 is 14.8 Å². The van der Waals surface area contributed by atoms with E-state index in [1.165, 1.54) is 16.7 Å². The molecule has 0 aliphatic rings. The molecule has 2 aromatic carbocycles. The highest BCUT2D eigenvalue weighted by Gasteiger charge is 2.16. The fourth-order valence-electron chi connectivity index (χ4n) is 2.57. The second kappa shape index (κ2) is 8.86. The third kappa shape index (κ3) is 4.79. The fraction of sp³-hybridized carbons (Fsp3) is 0.211. The Morgan fingerprint density at radius 1 is 1.21 bits per heavy atom. The quantitative estimate of drug-likeness (QED) is 0.591. The molecule has 9 heteroatoms. The van der Waals surface area contributed by atoms with E-state index in [0.29, 0.717) is 20.9 Å². The van der Waals surface area contributed by atoms with Crippen molar-refractivity contribution in [2.24, 2.45) is 7.05 Å². The van der Waals surface area contributed by atoms with Gasteiger partial charge in [0.2, 0.25) is 11.8 Å². The lowest BCUT2D eigenvalue weighted by atomic mass is 10.3. The minimum absolute atomic E-state index is 0.0667. The first-order valence-corrected chi connectivity index (χ1v) is 10.1. The number of likely N-dealkylation sites (N-methyl/N-ethyl adjacent to an activating group) is 1. The molecule has 3 aromatic rings. The molecule has 0 spiro atoms. The largest absolute Gasteiger partial charge is 0.336 e. The number of halogens is 2. The van der Waals surface area contributed by atoms with Crippen LogP contribution in [0.1, 0.15) is 0 Å². The lowest BCUT2D eigenvalue weighted by Gasteiger charge is -2.17. The number of imidazole rings is 1. The van der Waals surface area contributed by atoms with Gasteiger partial charge in [-0.3, -0.25) is 9.59 Å². The van der Waals surface area contributed by atoms with Gasteiger partial charge >= 0.3 is 0 Å². The average molecular weight is 437 g/mol. The number of nitrogens with zero attached hydrogens (tertiary/aromatic N) is 3. The number of hydrogen-bond donors (Lipinski definition) is 1. The number of amides is 2. The van der Waals surface area contributed by atoms with E-state index in [1.54, 1.807) is 43.4 Å². The van der Waals surface area contributed by atoms with Gasteiger partial charge in [-0.25, -0.2) is 4.98 Å². The fourth-order valence-corrected chi connectivity index (χ4v) is 3.85. The molecular weight excluding hydrogens is 419 g/mol. The Hall–Kier alpha value is -2.22. The van der Waals surface area contributed by atoms with E-state index in [4.69, 9.17) is 23.2 Å². The van der Waals surface area contributed by atoms with Crippen LogP contribution in [0.25, 0.3) is 11.0 Å². The van der Waals surface area contributed by atoms with E-state index < -0.39 is 0 Å². The van der Waals surface area contributed by atoms with Crippen LogP contribution < -0.4 is 5.32 Å². The van der Waals surface area contributed by atoms with E-state index in [1.807, 2.05) is 17.7 Å². The minimum Gasteiger partial charge on any atom is -0.336 e. The lowest BCUT2D eigenvalue weighted by molar-refractivity contribution is -0.131. The van der Waals surface area contributed by atoms with Crippen LogP contribution in [0.2, 0.25) is 10.0 Å². The van der Waals surface area contributed by atoms with Crippen molar-refractivity contribution in [3.63, 3.8) is 0 Å². The van der Waals surface area contributed by atoms with Crippen molar-refractivity contribution in [2.45, 2.75) is 5.16 Å². The van der Waals surface area contributed by atoms with Crippen molar-refractivity contribution in [3.05, 3.63) is 52.5 Å². The number of fused-ring (bicyclic) bond motifs is 1. The van der Waals surface area contributed by atoms with Crippen molar-refractivity contribution in [1.82, 2.24) is 14.5 Å². The zero-order chi connectivity index (χ0) is 20.3. The summed E-state index contributed by atoms with van der Waals surface area (Å²) in [6.07, 6.45) is 0. The zero-order valence-electron chi connectivity index (χ0n) is 15.3. The zero-order valence-corrected chi connectivity index (χ0v) is 17.6. The topological polar surface area (TPSA) is 67.2 Å². The Labute approximate surface area is 176 Å². The maximum atomic E-state index is 12.4. The third-order valence-electron chi connectivity index (χ3n) is 4.08. The average Bonchev–Trinajstić information content (AvgIpc) is 2.96. The summed E-state index contributed by atoms with van der Waals surface area (Å²) >= 11 is 13.3. The van der Waals surface area contributed by atoms with E-state index in [9.17, 15) is 9.59 Å². The van der Waals surface area contributed by atoms with Crippen LogP contribution in [0.4, 0.5) is 5.69 Å². The van der Waals surface area contributed by atoms with Gasteiger partial charge in [-0.2, -0.15) is 0 Å². The number of carbonyl (C=O) groups excluding carboxylic acids is 2. The summed E-state index contributed by atoms with van der Waals surface area (Å²) < 4.78 is 1.91. The highest BCUT2D eigenvalue weighted by Crippen LogP contribution is 2.25. The second-order valence-corrected chi connectivity index (χ2v) is 7.94. The molecule has 0 aliphatic carbocycles. The van der Waals surface area contributed by atoms with E-state index in [2.05, 4.69) is 10.3 Å². The summed E-state index contributed by atoms with van der Waals surface area (Å²) in [7, 11) is 3.47. The predicted octanol–water partition coefficient (Wildman–Crippen LogP) is 4.07. The highest BCUT2D eigenvalue weighted by atomic mass is 35.5. The number of hydrogen-bond acceptors (Lipinski definition) is 4. The van der Waals surface area contributed by atoms with E-state index >= 15 is 0 Å². The molecule has 28 heavy (non-hydrogen) atoms. The van der Waals surface area contributed by atoms with Gasteiger partial charge in [0.05, 0.1) is 34.0 Å². The number of nitrogens with one attached hydrogen (secondary N) is 1. The maximum Gasteiger partial charge on any atom is 0.244 e. The molecular formula is C19H18Cl2N4O2S. The number of benzene rings is 2. The number of para-hydroxylation sites is 1. The summed E-state index contributed by atoms with van der Waals surface area (Å²) in [6.45, 7) is -0.0667. The molecule has 3 rings (SSSR count). The number of aryl methyl sites for hydroxylation is 1.